The Bertz CT molecular complexity index is 960. The van der Waals surface area contributed by atoms with Crippen molar-refractivity contribution in [3.8, 4) is 11.3 Å². The zero-order valence-corrected chi connectivity index (χ0v) is 15.9. The van der Waals surface area contributed by atoms with Gasteiger partial charge in [0.2, 0.25) is 0 Å². The highest BCUT2D eigenvalue weighted by Crippen LogP contribution is 2.35. The number of aliphatic hydroxyl groups is 1. The van der Waals surface area contributed by atoms with Gasteiger partial charge in [0.1, 0.15) is 11.1 Å². The molecule has 150 valence electrons. The summed E-state index contributed by atoms with van der Waals surface area (Å²) >= 11 is 0. The van der Waals surface area contributed by atoms with Gasteiger partial charge < -0.3 is 14.7 Å². The van der Waals surface area contributed by atoms with Crippen LogP contribution in [0.15, 0.2) is 65.4 Å². The summed E-state index contributed by atoms with van der Waals surface area (Å²) in [6.07, 6.45) is 3.16. The first kappa shape index (κ1) is 19.3. The van der Waals surface area contributed by atoms with Crippen molar-refractivity contribution in [1.29, 1.82) is 0 Å². The minimum Gasteiger partial charge on any atom is -0.481 e. The molecule has 0 radical (unpaired) electrons. The summed E-state index contributed by atoms with van der Waals surface area (Å²) in [7, 11) is 0. The lowest BCUT2D eigenvalue weighted by Gasteiger charge is -2.43. The molecule has 2 aromatic heterocycles. The predicted octanol–water partition coefficient (Wildman–Crippen LogP) is 2.62. The van der Waals surface area contributed by atoms with Gasteiger partial charge in [0.15, 0.2) is 5.76 Å². The number of hydrogen-bond donors (Lipinski definition) is 2. The van der Waals surface area contributed by atoms with Crippen LogP contribution in [0.2, 0.25) is 0 Å². The average molecular weight is 393 g/mol. The molecule has 0 bridgehead atoms. The van der Waals surface area contributed by atoms with E-state index in [0.29, 0.717) is 31.0 Å². The van der Waals surface area contributed by atoms with E-state index in [-0.39, 0.29) is 13.0 Å². The lowest BCUT2D eigenvalue weighted by atomic mass is 9.73. The van der Waals surface area contributed by atoms with Crippen molar-refractivity contribution in [3.63, 3.8) is 0 Å². The van der Waals surface area contributed by atoms with Gasteiger partial charge in [0.05, 0.1) is 12.6 Å². The number of carboxylic acid groups (broad SMARTS) is 1. The fourth-order valence-corrected chi connectivity index (χ4v) is 3.99. The van der Waals surface area contributed by atoms with E-state index in [2.05, 4.69) is 10.1 Å². The maximum atomic E-state index is 12.2. The van der Waals surface area contributed by atoms with Crippen LogP contribution in [0.3, 0.4) is 0 Å². The number of piperidine rings is 1. The summed E-state index contributed by atoms with van der Waals surface area (Å²) in [6.45, 7) is 1.27. The molecule has 1 aliphatic rings. The van der Waals surface area contributed by atoms with Gasteiger partial charge in [-0.15, -0.1) is 0 Å². The molecule has 1 fully saturated rings. The van der Waals surface area contributed by atoms with Crippen LogP contribution in [-0.2, 0) is 17.8 Å². The Kier molecular flexibility index (Phi) is 5.42. The zero-order valence-electron chi connectivity index (χ0n) is 15.9. The third-order valence-corrected chi connectivity index (χ3v) is 5.57. The number of aliphatic carboxylic acids is 1. The van der Waals surface area contributed by atoms with Crippen molar-refractivity contribution in [2.45, 2.75) is 25.5 Å². The first-order valence-corrected chi connectivity index (χ1v) is 9.60. The molecule has 0 spiro atoms. The van der Waals surface area contributed by atoms with Crippen molar-refractivity contribution in [1.82, 2.24) is 15.0 Å². The molecule has 3 aromatic rings. The lowest BCUT2D eigenvalue weighted by molar-refractivity contribution is -0.163. The number of rotatable bonds is 6. The number of carbonyl (C=O) groups is 1. The molecule has 0 aliphatic carbocycles. The first-order chi connectivity index (χ1) is 14.1. The van der Waals surface area contributed by atoms with E-state index in [1.165, 1.54) is 0 Å². The highest BCUT2D eigenvalue weighted by atomic mass is 16.5. The van der Waals surface area contributed by atoms with Crippen LogP contribution in [0.5, 0.6) is 0 Å². The molecule has 0 amide bonds. The third-order valence-electron chi connectivity index (χ3n) is 5.57. The molecule has 2 atom stereocenters. The van der Waals surface area contributed by atoms with Gasteiger partial charge in [0, 0.05) is 37.1 Å². The Hall–Kier alpha value is -3.03. The standard InChI is InChI=1S/C22H23N3O4/c26-20-8-11-25(14-18-12-19(24-29-18)17-6-9-23-10-7-17)15-22(20,21(27)28)13-16-4-2-1-3-5-16/h1-7,9-10,12,20,26H,8,11,13-15H2,(H,27,28)/t20-,22-/m0/s1. The van der Waals surface area contributed by atoms with Crippen LogP contribution in [0.4, 0.5) is 0 Å². The minimum absolute atomic E-state index is 0.240. The van der Waals surface area contributed by atoms with Crippen molar-refractivity contribution in [2.75, 3.05) is 13.1 Å². The second-order valence-electron chi connectivity index (χ2n) is 7.55. The van der Waals surface area contributed by atoms with E-state index in [1.54, 1.807) is 12.4 Å². The topological polar surface area (TPSA) is 99.7 Å². The summed E-state index contributed by atoms with van der Waals surface area (Å²) in [5, 5.41) is 24.8. The molecule has 1 saturated heterocycles. The van der Waals surface area contributed by atoms with Gasteiger partial charge in [-0.3, -0.25) is 14.7 Å². The van der Waals surface area contributed by atoms with Crippen molar-refractivity contribution in [2.24, 2.45) is 5.41 Å². The predicted molar refractivity (Wildman–Crippen MR) is 106 cm³/mol. The van der Waals surface area contributed by atoms with Gasteiger partial charge in [-0.1, -0.05) is 35.5 Å². The number of aromatic nitrogens is 2. The van der Waals surface area contributed by atoms with Gasteiger partial charge >= 0.3 is 5.97 Å². The molecule has 29 heavy (non-hydrogen) atoms. The van der Waals surface area contributed by atoms with E-state index < -0.39 is 17.5 Å². The SMILES string of the molecule is O=C(O)[C@@]1(Cc2ccccc2)CN(Cc2cc(-c3ccncc3)no2)CC[C@@H]1O. The Labute approximate surface area is 168 Å². The Morgan fingerprint density at radius 1 is 1.21 bits per heavy atom. The monoisotopic (exact) mass is 393 g/mol. The van der Waals surface area contributed by atoms with Crippen LogP contribution in [-0.4, -0.2) is 50.4 Å². The van der Waals surface area contributed by atoms with Crippen LogP contribution in [0.1, 0.15) is 17.7 Å². The number of benzene rings is 1. The molecule has 1 aromatic carbocycles. The van der Waals surface area contributed by atoms with Crippen molar-refractivity contribution in [3.05, 3.63) is 72.2 Å². The van der Waals surface area contributed by atoms with E-state index >= 15 is 0 Å². The van der Waals surface area contributed by atoms with Crippen molar-refractivity contribution >= 4 is 5.97 Å². The maximum Gasteiger partial charge on any atom is 0.313 e. The molecule has 1 aliphatic heterocycles. The molecule has 2 N–H and O–H groups in total. The van der Waals surface area contributed by atoms with Crippen LogP contribution in [0.25, 0.3) is 11.3 Å². The quantitative estimate of drug-likeness (QED) is 0.664. The molecule has 7 heteroatoms. The zero-order chi connectivity index (χ0) is 20.3. The molecule has 7 nitrogen and oxygen atoms in total. The fourth-order valence-electron chi connectivity index (χ4n) is 3.99. The highest BCUT2D eigenvalue weighted by molar-refractivity contribution is 5.76. The van der Waals surface area contributed by atoms with Gasteiger partial charge in [-0.2, -0.15) is 0 Å². The van der Waals surface area contributed by atoms with Gasteiger partial charge in [-0.25, -0.2) is 0 Å². The molecule has 0 unspecified atom stereocenters. The largest absolute Gasteiger partial charge is 0.481 e. The van der Waals surface area contributed by atoms with Crippen LogP contribution in [0, 0.1) is 5.41 Å². The maximum absolute atomic E-state index is 12.2. The Morgan fingerprint density at radius 2 is 1.97 bits per heavy atom. The Morgan fingerprint density at radius 3 is 2.69 bits per heavy atom. The van der Waals surface area contributed by atoms with E-state index in [1.807, 2.05) is 53.4 Å². The average Bonchev–Trinajstić information content (AvgIpc) is 3.20. The van der Waals surface area contributed by atoms with Crippen molar-refractivity contribution < 1.29 is 19.5 Å². The van der Waals surface area contributed by atoms with Crippen LogP contribution < -0.4 is 0 Å². The van der Waals surface area contributed by atoms with E-state index in [4.69, 9.17) is 4.52 Å². The molecule has 3 heterocycles. The summed E-state index contributed by atoms with van der Waals surface area (Å²) in [4.78, 5) is 18.3. The van der Waals surface area contributed by atoms with Crippen LogP contribution >= 0.6 is 0 Å². The summed E-state index contributed by atoms with van der Waals surface area (Å²) in [5.74, 6) is -0.319. The van der Waals surface area contributed by atoms with E-state index in [0.717, 1.165) is 11.1 Å². The van der Waals surface area contributed by atoms with Gasteiger partial charge in [-0.05, 0) is 30.5 Å². The lowest BCUT2D eigenvalue weighted by Crippen LogP contribution is -2.56. The smallest absolute Gasteiger partial charge is 0.313 e. The normalized spacial score (nSPS) is 22.4. The number of hydrogen-bond acceptors (Lipinski definition) is 6. The Balaban J connectivity index is 1.52. The molecular formula is C22H23N3O4. The number of nitrogens with zero attached hydrogens (tertiary/aromatic N) is 3. The van der Waals surface area contributed by atoms with E-state index in [9.17, 15) is 15.0 Å². The number of aliphatic hydroxyl groups excluding tert-OH is 1. The fraction of sp³-hybridized carbons (Fsp3) is 0.318. The molecular weight excluding hydrogens is 370 g/mol. The second kappa shape index (κ2) is 8.14. The minimum atomic E-state index is -1.26. The summed E-state index contributed by atoms with van der Waals surface area (Å²) in [6, 6.07) is 15.0. The second-order valence-corrected chi connectivity index (χ2v) is 7.55. The number of pyridine rings is 1. The first-order valence-electron chi connectivity index (χ1n) is 9.60. The molecule has 0 saturated carbocycles. The summed E-state index contributed by atoms with van der Waals surface area (Å²) < 4.78 is 5.47. The highest BCUT2D eigenvalue weighted by Gasteiger charge is 2.49. The van der Waals surface area contributed by atoms with Gasteiger partial charge in [0.25, 0.3) is 0 Å². The number of carboxylic acids is 1. The third kappa shape index (κ3) is 4.06. The number of likely N-dealkylation sites (tertiary alicyclic amines) is 1. The summed E-state index contributed by atoms with van der Waals surface area (Å²) in [5.41, 5.74) is 1.27. The molecule has 4 rings (SSSR count).